The van der Waals surface area contributed by atoms with Gasteiger partial charge in [0.25, 0.3) is 0 Å². The van der Waals surface area contributed by atoms with Gasteiger partial charge in [-0.2, -0.15) is 0 Å². The van der Waals surface area contributed by atoms with Gasteiger partial charge >= 0.3 is 11.9 Å². The molecule has 0 saturated carbocycles. The Bertz CT molecular complexity index is 639. The van der Waals surface area contributed by atoms with E-state index in [1.807, 2.05) is 0 Å². The summed E-state index contributed by atoms with van der Waals surface area (Å²) in [6, 6.07) is 4.61. The number of esters is 2. The van der Waals surface area contributed by atoms with Gasteiger partial charge in [-0.25, -0.2) is 4.79 Å². The monoisotopic (exact) mass is 339 g/mol. The van der Waals surface area contributed by atoms with Gasteiger partial charge < -0.3 is 9.47 Å². The smallest absolute Gasteiger partial charge is 0.339 e. The predicted octanol–water partition coefficient (Wildman–Crippen LogP) is 2.99. The maximum atomic E-state index is 11.9. The summed E-state index contributed by atoms with van der Waals surface area (Å²) in [5.74, 6) is -2.82. The molecule has 1 rings (SSSR count). The van der Waals surface area contributed by atoms with E-state index in [4.69, 9.17) is 16.3 Å². The van der Waals surface area contributed by atoms with Crippen molar-refractivity contribution in [2.24, 2.45) is 10.9 Å². The lowest BCUT2D eigenvalue weighted by atomic mass is 10.1. The molecule has 1 atom stereocenters. The number of nitrogens with zero attached hydrogens (tertiary/aromatic N) is 1. The number of ether oxygens (including phenoxy) is 2. The van der Waals surface area contributed by atoms with E-state index in [1.165, 1.54) is 20.1 Å². The first-order valence-electron chi connectivity index (χ1n) is 6.89. The van der Waals surface area contributed by atoms with E-state index in [2.05, 4.69) is 9.73 Å². The van der Waals surface area contributed by atoms with Crippen molar-refractivity contribution in [2.75, 3.05) is 7.11 Å². The molecule has 0 spiro atoms. The molecular formula is C16H18ClNO5. The average molecular weight is 340 g/mol. The van der Waals surface area contributed by atoms with Crippen LogP contribution < -0.4 is 0 Å². The van der Waals surface area contributed by atoms with Crippen LogP contribution in [0.25, 0.3) is 0 Å². The van der Waals surface area contributed by atoms with Crippen LogP contribution in [0.4, 0.5) is 5.69 Å². The third-order valence-electron chi connectivity index (χ3n) is 2.79. The molecule has 1 aromatic carbocycles. The van der Waals surface area contributed by atoms with Crippen LogP contribution in [0.3, 0.4) is 0 Å². The van der Waals surface area contributed by atoms with Crippen molar-refractivity contribution in [1.29, 1.82) is 0 Å². The predicted molar refractivity (Wildman–Crippen MR) is 86.3 cm³/mol. The SMILES string of the molecule is COC(=O)c1cccc(N=CC(C(C)=O)C(=O)OC(C)C)c1Cl. The van der Waals surface area contributed by atoms with Gasteiger partial charge in [-0.1, -0.05) is 17.7 Å². The van der Waals surface area contributed by atoms with Crippen LogP contribution in [0, 0.1) is 5.92 Å². The van der Waals surface area contributed by atoms with Gasteiger partial charge in [0.05, 0.1) is 29.5 Å². The lowest BCUT2D eigenvalue weighted by molar-refractivity contribution is -0.151. The first-order valence-corrected chi connectivity index (χ1v) is 7.27. The second-order valence-corrected chi connectivity index (χ2v) is 5.36. The maximum Gasteiger partial charge on any atom is 0.339 e. The fourth-order valence-corrected chi connectivity index (χ4v) is 1.93. The molecule has 0 aliphatic carbocycles. The van der Waals surface area contributed by atoms with Gasteiger partial charge in [0.2, 0.25) is 0 Å². The highest BCUT2D eigenvalue weighted by Gasteiger charge is 2.24. The van der Waals surface area contributed by atoms with Gasteiger partial charge in [0.15, 0.2) is 5.92 Å². The summed E-state index contributed by atoms with van der Waals surface area (Å²) < 4.78 is 9.63. The number of hydrogen-bond donors (Lipinski definition) is 0. The Labute approximate surface area is 139 Å². The fraction of sp³-hybridized carbons (Fsp3) is 0.375. The summed E-state index contributed by atoms with van der Waals surface area (Å²) in [6.45, 7) is 4.64. The van der Waals surface area contributed by atoms with E-state index in [9.17, 15) is 14.4 Å². The molecule has 0 aromatic heterocycles. The first-order chi connectivity index (χ1) is 10.8. The molecule has 0 amide bonds. The second-order valence-electron chi connectivity index (χ2n) is 4.98. The van der Waals surface area contributed by atoms with Crippen LogP contribution >= 0.6 is 11.6 Å². The molecule has 0 fully saturated rings. The number of rotatable bonds is 6. The molecule has 1 aromatic rings. The summed E-state index contributed by atoms with van der Waals surface area (Å²) >= 11 is 6.09. The van der Waals surface area contributed by atoms with Gasteiger partial charge in [-0.15, -0.1) is 0 Å². The van der Waals surface area contributed by atoms with E-state index in [0.717, 1.165) is 6.21 Å². The number of methoxy groups -OCH3 is 1. The van der Waals surface area contributed by atoms with Crippen LogP contribution in [0.15, 0.2) is 23.2 Å². The van der Waals surface area contributed by atoms with Crippen LogP contribution in [-0.4, -0.2) is 37.2 Å². The minimum absolute atomic E-state index is 0.0788. The van der Waals surface area contributed by atoms with E-state index in [0.29, 0.717) is 0 Å². The van der Waals surface area contributed by atoms with Crippen LogP contribution in [-0.2, 0) is 19.1 Å². The Morgan fingerprint density at radius 1 is 1.26 bits per heavy atom. The number of carbonyl (C=O) groups is 3. The number of Topliss-reactive ketones (excluding diaryl/α,β-unsaturated/α-hetero) is 1. The zero-order valence-corrected chi connectivity index (χ0v) is 14.1. The summed E-state index contributed by atoms with van der Waals surface area (Å²) in [5.41, 5.74) is 0.395. The molecule has 0 saturated heterocycles. The molecule has 0 bridgehead atoms. The van der Waals surface area contributed by atoms with Crippen LogP contribution in [0.1, 0.15) is 31.1 Å². The van der Waals surface area contributed by atoms with E-state index < -0.39 is 23.6 Å². The fourth-order valence-electron chi connectivity index (χ4n) is 1.68. The summed E-state index contributed by atoms with van der Waals surface area (Å²) in [6.07, 6.45) is 0.818. The quantitative estimate of drug-likeness (QED) is 0.452. The maximum absolute atomic E-state index is 11.9. The molecule has 124 valence electrons. The van der Waals surface area contributed by atoms with Gasteiger partial charge in [0, 0.05) is 6.21 Å². The summed E-state index contributed by atoms with van der Waals surface area (Å²) in [5, 5.41) is 0.0788. The van der Waals surface area contributed by atoms with Crippen molar-refractivity contribution in [3.05, 3.63) is 28.8 Å². The first kappa shape index (κ1) is 18.8. The zero-order valence-electron chi connectivity index (χ0n) is 13.3. The van der Waals surface area contributed by atoms with E-state index >= 15 is 0 Å². The highest BCUT2D eigenvalue weighted by atomic mass is 35.5. The number of ketones is 1. The minimum atomic E-state index is -1.13. The van der Waals surface area contributed by atoms with Crippen LogP contribution in [0.2, 0.25) is 5.02 Å². The van der Waals surface area contributed by atoms with Crippen molar-refractivity contribution in [2.45, 2.75) is 26.9 Å². The Morgan fingerprint density at radius 2 is 1.91 bits per heavy atom. The molecule has 6 nitrogen and oxygen atoms in total. The molecule has 0 aliphatic rings. The highest BCUT2D eigenvalue weighted by Crippen LogP contribution is 2.29. The van der Waals surface area contributed by atoms with Crippen molar-refractivity contribution in [1.82, 2.24) is 0 Å². The number of benzene rings is 1. The normalized spacial score (nSPS) is 12.3. The average Bonchev–Trinajstić information content (AvgIpc) is 2.47. The molecule has 0 aliphatic heterocycles. The Morgan fingerprint density at radius 3 is 2.43 bits per heavy atom. The second kappa shape index (κ2) is 8.43. The van der Waals surface area contributed by atoms with E-state index in [1.54, 1.807) is 26.0 Å². The lowest BCUT2D eigenvalue weighted by Gasteiger charge is -2.12. The van der Waals surface area contributed by atoms with Gasteiger partial charge in [-0.3, -0.25) is 14.6 Å². The molecule has 0 N–H and O–H groups in total. The molecule has 0 radical (unpaired) electrons. The third-order valence-corrected chi connectivity index (χ3v) is 3.19. The number of hydrogen-bond acceptors (Lipinski definition) is 6. The third kappa shape index (κ3) is 5.17. The summed E-state index contributed by atoms with van der Waals surface area (Å²) in [4.78, 5) is 39.1. The van der Waals surface area contributed by atoms with E-state index in [-0.39, 0.29) is 22.4 Å². The number of halogens is 1. The summed E-state index contributed by atoms with van der Waals surface area (Å²) in [7, 11) is 1.24. The lowest BCUT2D eigenvalue weighted by Crippen LogP contribution is -2.27. The molecular weight excluding hydrogens is 322 g/mol. The van der Waals surface area contributed by atoms with Crippen molar-refractivity contribution in [3.8, 4) is 0 Å². The van der Waals surface area contributed by atoms with Crippen LogP contribution in [0.5, 0.6) is 0 Å². The molecule has 1 unspecified atom stereocenters. The van der Waals surface area contributed by atoms with Crippen molar-refractivity contribution < 1.29 is 23.9 Å². The van der Waals surface area contributed by atoms with Crippen molar-refractivity contribution >= 4 is 41.2 Å². The Kier molecular flexibility index (Phi) is 6.90. The number of aliphatic imine (C=N–C) groups is 1. The Balaban J connectivity index is 3.08. The standard InChI is InChI=1S/C16H18ClNO5/c1-9(2)23-16(21)12(10(3)19)8-18-13-7-5-6-11(14(13)17)15(20)22-4/h5-9,12H,1-4H3. The minimum Gasteiger partial charge on any atom is -0.465 e. The van der Waals surface area contributed by atoms with Gasteiger partial charge in [0.1, 0.15) is 5.78 Å². The zero-order chi connectivity index (χ0) is 17.6. The molecule has 0 heterocycles. The number of carbonyl (C=O) groups excluding carboxylic acids is 3. The van der Waals surface area contributed by atoms with Gasteiger partial charge in [-0.05, 0) is 32.9 Å². The van der Waals surface area contributed by atoms with Crippen molar-refractivity contribution in [3.63, 3.8) is 0 Å². The topological polar surface area (TPSA) is 82.0 Å². The molecule has 7 heteroatoms. The Hall–Kier alpha value is -2.21. The highest BCUT2D eigenvalue weighted by molar-refractivity contribution is 6.36. The largest absolute Gasteiger partial charge is 0.465 e. The molecule has 23 heavy (non-hydrogen) atoms.